The van der Waals surface area contributed by atoms with Crippen LogP contribution in [0.25, 0.3) is 11.2 Å². The summed E-state index contributed by atoms with van der Waals surface area (Å²) in [4.78, 5) is 51.3. The summed E-state index contributed by atoms with van der Waals surface area (Å²) >= 11 is 0. The summed E-state index contributed by atoms with van der Waals surface area (Å²) in [5.41, 5.74) is 0.669. The average molecular weight is 413 g/mol. The Labute approximate surface area is 171 Å². The van der Waals surface area contributed by atoms with E-state index < -0.39 is 11.2 Å². The van der Waals surface area contributed by atoms with E-state index in [1.54, 1.807) is 26.2 Å². The molecule has 3 aromatic heterocycles. The van der Waals surface area contributed by atoms with Crippen molar-refractivity contribution in [2.45, 2.75) is 20.0 Å². The fourth-order valence-corrected chi connectivity index (χ4v) is 3.52. The van der Waals surface area contributed by atoms with Crippen molar-refractivity contribution in [3.05, 3.63) is 50.8 Å². The minimum absolute atomic E-state index is 0.116. The number of fused-ring (bicyclic) bond motifs is 1. The summed E-state index contributed by atoms with van der Waals surface area (Å²) in [7, 11) is 1.57. The van der Waals surface area contributed by atoms with Gasteiger partial charge in [0.05, 0.1) is 18.4 Å². The van der Waals surface area contributed by atoms with E-state index in [2.05, 4.69) is 30.1 Å². The van der Waals surface area contributed by atoms with E-state index in [1.807, 2.05) is 6.07 Å². The molecule has 11 nitrogen and oxygen atoms in total. The van der Waals surface area contributed by atoms with Gasteiger partial charge in [-0.25, -0.2) is 14.8 Å². The third-order valence-electron chi connectivity index (χ3n) is 5.20. The first kappa shape index (κ1) is 19.8. The molecule has 2 N–H and O–H groups in total. The molecule has 0 atom stereocenters. The Morgan fingerprint density at radius 3 is 2.63 bits per heavy atom. The normalized spacial score (nSPS) is 14.9. The second kappa shape index (κ2) is 8.11. The summed E-state index contributed by atoms with van der Waals surface area (Å²) in [6.45, 7) is 5.54. The van der Waals surface area contributed by atoms with Gasteiger partial charge in [0.25, 0.3) is 11.5 Å². The molecule has 0 unspecified atom stereocenters. The number of nitrogens with one attached hydrogen (secondary N) is 2. The van der Waals surface area contributed by atoms with Crippen LogP contribution in [0.3, 0.4) is 0 Å². The first-order valence-corrected chi connectivity index (χ1v) is 9.78. The number of aromatic amines is 1. The summed E-state index contributed by atoms with van der Waals surface area (Å²) in [6, 6.07) is 3.60. The van der Waals surface area contributed by atoms with Crippen LogP contribution in [0.4, 0.5) is 5.69 Å². The quantitative estimate of drug-likeness (QED) is 0.587. The van der Waals surface area contributed by atoms with Crippen molar-refractivity contribution in [1.29, 1.82) is 0 Å². The van der Waals surface area contributed by atoms with Crippen molar-refractivity contribution < 1.29 is 9.21 Å². The Kier molecular flexibility index (Phi) is 5.36. The van der Waals surface area contributed by atoms with Crippen LogP contribution in [-0.2, 0) is 13.1 Å². The molecule has 1 aliphatic rings. The molecule has 4 rings (SSSR count). The lowest BCUT2D eigenvalue weighted by Crippen LogP contribution is -2.46. The average Bonchev–Trinajstić information content (AvgIpc) is 3.16. The third-order valence-corrected chi connectivity index (χ3v) is 5.20. The molecule has 1 saturated heterocycles. The maximum absolute atomic E-state index is 12.3. The van der Waals surface area contributed by atoms with Gasteiger partial charge in [0.1, 0.15) is 5.69 Å². The number of oxazole rings is 1. The number of anilines is 1. The van der Waals surface area contributed by atoms with Crippen LogP contribution in [0.15, 0.2) is 32.3 Å². The number of aromatic nitrogens is 4. The number of hydrogen-bond donors (Lipinski definition) is 2. The zero-order chi connectivity index (χ0) is 21.3. The lowest BCUT2D eigenvalue weighted by Gasteiger charge is -2.35. The molecule has 0 aromatic carbocycles. The zero-order valence-electron chi connectivity index (χ0n) is 16.8. The molecule has 1 amide bonds. The monoisotopic (exact) mass is 413 g/mol. The van der Waals surface area contributed by atoms with Crippen molar-refractivity contribution >= 4 is 22.8 Å². The number of amides is 1. The number of hydrogen-bond acceptors (Lipinski definition) is 8. The third kappa shape index (κ3) is 3.71. The second-order valence-electron chi connectivity index (χ2n) is 7.01. The Morgan fingerprint density at radius 2 is 2.00 bits per heavy atom. The Morgan fingerprint density at radius 1 is 1.23 bits per heavy atom. The van der Waals surface area contributed by atoms with E-state index in [-0.39, 0.29) is 23.7 Å². The highest BCUT2D eigenvalue weighted by Gasteiger charge is 2.21. The molecule has 0 spiro atoms. The molecule has 11 heteroatoms. The van der Waals surface area contributed by atoms with Crippen LogP contribution in [0.1, 0.15) is 23.3 Å². The van der Waals surface area contributed by atoms with Gasteiger partial charge in [-0.2, -0.15) is 0 Å². The van der Waals surface area contributed by atoms with E-state index in [0.717, 1.165) is 36.4 Å². The van der Waals surface area contributed by atoms with E-state index in [1.165, 1.54) is 0 Å². The van der Waals surface area contributed by atoms with E-state index in [4.69, 9.17) is 4.42 Å². The highest BCUT2D eigenvalue weighted by Crippen LogP contribution is 2.17. The lowest BCUT2D eigenvalue weighted by molar-refractivity contribution is 0.0958. The predicted molar refractivity (Wildman–Crippen MR) is 110 cm³/mol. The molecule has 158 valence electrons. The van der Waals surface area contributed by atoms with Crippen molar-refractivity contribution in [2.75, 3.05) is 38.1 Å². The minimum atomic E-state index is -0.498. The molecule has 30 heavy (non-hydrogen) atoms. The Bertz CT molecular complexity index is 1170. The van der Waals surface area contributed by atoms with Gasteiger partial charge in [0.15, 0.2) is 5.52 Å². The van der Waals surface area contributed by atoms with Gasteiger partial charge in [-0.3, -0.25) is 24.0 Å². The summed E-state index contributed by atoms with van der Waals surface area (Å²) in [5, 5.41) is 2.55. The largest absolute Gasteiger partial charge is 0.423 e. The Hall–Kier alpha value is -3.47. The van der Waals surface area contributed by atoms with Gasteiger partial charge in [0.2, 0.25) is 11.6 Å². The summed E-state index contributed by atoms with van der Waals surface area (Å²) < 4.78 is 6.70. The molecule has 1 fully saturated rings. The van der Waals surface area contributed by atoms with Crippen LogP contribution >= 0.6 is 0 Å². The molecule has 0 aliphatic carbocycles. The number of nitrogens with zero attached hydrogens (tertiary/aromatic N) is 5. The number of carbonyl (C=O) groups excluding carboxylic acids is 1. The lowest BCUT2D eigenvalue weighted by atomic mass is 10.2. The maximum atomic E-state index is 12.3. The molecule has 0 radical (unpaired) electrons. The van der Waals surface area contributed by atoms with E-state index in [0.29, 0.717) is 18.1 Å². The number of H-pyrrole nitrogens is 1. The van der Waals surface area contributed by atoms with Gasteiger partial charge >= 0.3 is 5.69 Å². The number of piperazine rings is 1. The van der Waals surface area contributed by atoms with Gasteiger partial charge < -0.3 is 14.6 Å². The van der Waals surface area contributed by atoms with Gasteiger partial charge in [-0.15, -0.1) is 0 Å². The van der Waals surface area contributed by atoms with Crippen molar-refractivity contribution in [3.8, 4) is 0 Å². The smallest absolute Gasteiger partial charge is 0.331 e. The molecule has 1 aliphatic heterocycles. The molecule has 0 saturated carbocycles. The number of carbonyl (C=O) groups is 1. The maximum Gasteiger partial charge on any atom is 0.331 e. The van der Waals surface area contributed by atoms with Crippen LogP contribution < -0.4 is 21.5 Å². The first-order chi connectivity index (χ1) is 14.5. The van der Waals surface area contributed by atoms with Crippen LogP contribution in [0, 0.1) is 0 Å². The standard InChI is InChI=1S/C19H23N7O4/c1-3-26-18(28)15-17(23-19(26)29)30-14(22-15)11-24-6-8-25(9-7-24)12-4-5-13(21-10-12)16(27)20-2/h4-5,10H,3,6-9,11H2,1-2H3,(H,20,27)(H,23,29). The molecule has 3 aromatic rings. The van der Waals surface area contributed by atoms with Crippen molar-refractivity contribution in [1.82, 2.24) is 29.7 Å². The van der Waals surface area contributed by atoms with Crippen molar-refractivity contribution in [2.24, 2.45) is 0 Å². The van der Waals surface area contributed by atoms with Gasteiger partial charge in [0, 0.05) is 39.8 Å². The number of rotatable bonds is 5. The number of pyridine rings is 1. The summed E-state index contributed by atoms with van der Waals surface area (Å²) in [5.74, 6) is 0.188. The molecular formula is C19H23N7O4. The first-order valence-electron chi connectivity index (χ1n) is 9.78. The summed E-state index contributed by atoms with van der Waals surface area (Å²) in [6.07, 6.45) is 1.70. The van der Waals surface area contributed by atoms with E-state index >= 15 is 0 Å². The SMILES string of the molecule is CCn1c(=O)[nH]c2oc(CN3CCN(c4ccc(C(=O)NC)nc4)CC3)nc2c1=O. The van der Waals surface area contributed by atoms with Crippen molar-refractivity contribution in [3.63, 3.8) is 0 Å². The fraction of sp³-hybridized carbons (Fsp3) is 0.421. The van der Waals surface area contributed by atoms with Crippen LogP contribution in [0.2, 0.25) is 0 Å². The van der Waals surface area contributed by atoms with Gasteiger partial charge in [-0.1, -0.05) is 0 Å². The van der Waals surface area contributed by atoms with E-state index in [9.17, 15) is 14.4 Å². The minimum Gasteiger partial charge on any atom is -0.423 e. The molecular weight excluding hydrogens is 390 g/mol. The highest BCUT2D eigenvalue weighted by molar-refractivity contribution is 5.92. The van der Waals surface area contributed by atoms with Crippen LogP contribution in [0.5, 0.6) is 0 Å². The Balaban J connectivity index is 1.41. The fourth-order valence-electron chi connectivity index (χ4n) is 3.52. The predicted octanol–water partition coefficient (Wildman–Crippen LogP) is -0.225. The molecule has 4 heterocycles. The van der Waals surface area contributed by atoms with Gasteiger partial charge in [-0.05, 0) is 19.1 Å². The highest BCUT2D eigenvalue weighted by atomic mass is 16.4. The second-order valence-corrected chi connectivity index (χ2v) is 7.01. The van der Waals surface area contributed by atoms with Crippen LogP contribution in [-0.4, -0.2) is 63.6 Å². The topological polar surface area (TPSA) is 129 Å². The molecule has 0 bridgehead atoms. The zero-order valence-corrected chi connectivity index (χ0v) is 16.8.